The maximum atomic E-state index is 10.5. The van der Waals surface area contributed by atoms with E-state index in [9.17, 15) is 10.1 Å². The molecular weight excluding hydrogens is 246 g/mol. The number of aromatic nitrogens is 2. The van der Waals surface area contributed by atoms with Crippen molar-refractivity contribution in [3.05, 3.63) is 34.5 Å². The van der Waals surface area contributed by atoms with E-state index in [0.29, 0.717) is 0 Å². The van der Waals surface area contributed by atoms with Crippen LogP contribution >= 0.6 is 0 Å². The van der Waals surface area contributed by atoms with Crippen molar-refractivity contribution in [1.82, 2.24) is 9.78 Å². The van der Waals surface area contributed by atoms with Crippen molar-refractivity contribution >= 4 is 16.6 Å². The Morgan fingerprint density at radius 3 is 2.42 bits per heavy atom. The van der Waals surface area contributed by atoms with Crippen LogP contribution in [0.3, 0.4) is 0 Å². The van der Waals surface area contributed by atoms with Crippen molar-refractivity contribution in [2.45, 2.75) is 27.3 Å². The zero-order valence-corrected chi connectivity index (χ0v) is 12.1. The summed E-state index contributed by atoms with van der Waals surface area (Å²) >= 11 is 0. The van der Waals surface area contributed by atoms with E-state index in [1.165, 1.54) is 12.1 Å². The van der Waals surface area contributed by atoms with Gasteiger partial charge in [-0.1, -0.05) is 13.8 Å². The summed E-state index contributed by atoms with van der Waals surface area (Å²) in [5.41, 5.74) is 1.03. The fourth-order valence-electron chi connectivity index (χ4n) is 1.44. The van der Waals surface area contributed by atoms with Gasteiger partial charge in [-0.3, -0.25) is 14.8 Å². The summed E-state index contributed by atoms with van der Waals surface area (Å²) in [6.45, 7) is 6.75. The lowest BCUT2D eigenvalue weighted by molar-refractivity contribution is -0.384. The molecule has 19 heavy (non-hydrogen) atoms. The van der Waals surface area contributed by atoms with E-state index in [4.69, 9.17) is 0 Å². The molecule has 6 nitrogen and oxygen atoms in total. The van der Waals surface area contributed by atoms with Gasteiger partial charge in [-0.2, -0.15) is 5.10 Å². The fourth-order valence-corrected chi connectivity index (χ4v) is 1.44. The summed E-state index contributed by atoms with van der Waals surface area (Å²) < 4.78 is 6.05. The molecule has 0 N–H and O–H groups in total. The molecule has 0 amide bonds. The van der Waals surface area contributed by atoms with Crippen LogP contribution in [-0.4, -0.2) is 28.9 Å². The number of benzene rings is 1. The number of nitrogens with zero attached hydrogens (tertiary/aromatic N) is 3. The standard InChI is InChI=1S/C9H9N3O2.C2H6O.C2H6/c1-2-11-9-4-3-8(12(13)14)5-7(9)6-10-11;1-3-2;1-2/h3-6H,2H2,1H3;1-2H3;1-2H3. The van der Waals surface area contributed by atoms with Gasteiger partial charge in [0.1, 0.15) is 0 Å². The lowest BCUT2D eigenvalue weighted by atomic mass is 10.2. The van der Waals surface area contributed by atoms with E-state index in [1.54, 1.807) is 31.2 Å². The summed E-state index contributed by atoms with van der Waals surface area (Å²) in [7, 11) is 3.25. The molecule has 0 unspecified atom stereocenters. The molecule has 0 atom stereocenters. The number of nitro groups is 1. The summed E-state index contributed by atoms with van der Waals surface area (Å²) in [6.07, 6.45) is 1.64. The Morgan fingerprint density at radius 1 is 1.37 bits per heavy atom. The highest BCUT2D eigenvalue weighted by Gasteiger charge is 2.08. The highest BCUT2D eigenvalue weighted by molar-refractivity contribution is 5.81. The molecule has 6 heteroatoms. The topological polar surface area (TPSA) is 70.2 Å². The smallest absolute Gasteiger partial charge is 0.270 e. The summed E-state index contributed by atoms with van der Waals surface area (Å²) in [6, 6.07) is 4.76. The van der Waals surface area contributed by atoms with Gasteiger partial charge in [0.25, 0.3) is 5.69 Å². The van der Waals surface area contributed by atoms with Crippen molar-refractivity contribution in [2.24, 2.45) is 0 Å². The summed E-state index contributed by atoms with van der Waals surface area (Å²) in [5, 5.41) is 15.4. The highest BCUT2D eigenvalue weighted by Crippen LogP contribution is 2.20. The van der Waals surface area contributed by atoms with E-state index >= 15 is 0 Å². The Bertz CT molecular complexity index is 509. The van der Waals surface area contributed by atoms with Crippen LogP contribution in [0.2, 0.25) is 0 Å². The predicted octanol–water partition coefficient (Wildman–Crippen LogP) is 3.25. The first-order valence-corrected chi connectivity index (χ1v) is 6.14. The molecule has 106 valence electrons. The average Bonchev–Trinajstić information content (AvgIpc) is 2.84. The van der Waals surface area contributed by atoms with E-state index < -0.39 is 4.92 Å². The molecule has 0 spiro atoms. The van der Waals surface area contributed by atoms with Gasteiger partial charge < -0.3 is 4.74 Å². The van der Waals surface area contributed by atoms with Crippen molar-refractivity contribution in [3.8, 4) is 0 Å². The molecule has 0 fully saturated rings. The third-order valence-corrected chi connectivity index (χ3v) is 2.14. The van der Waals surface area contributed by atoms with Gasteiger partial charge in [0.15, 0.2) is 0 Å². The Hall–Kier alpha value is -1.95. The lowest BCUT2D eigenvalue weighted by Crippen LogP contribution is -1.95. The second-order valence-corrected chi connectivity index (χ2v) is 3.37. The molecule has 0 saturated heterocycles. The van der Waals surface area contributed by atoms with Gasteiger partial charge in [0.05, 0.1) is 16.6 Å². The molecule has 1 aromatic carbocycles. The molecule has 0 radical (unpaired) electrons. The molecule has 0 aliphatic rings. The van der Waals surface area contributed by atoms with Gasteiger partial charge in [0, 0.05) is 38.3 Å². The van der Waals surface area contributed by atoms with Gasteiger partial charge in [-0.25, -0.2) is 0 Å². The molecule has 2 rings (SSSR count). The molecule has 1 aromatic heterocycles. The zero-order valence-electron chi connectivity index (χ0n) is 12.1. The Labute approximate surface area is 113 Å². The minimum Gasteiger partial charge on any atom is -0.388 e. The van der Waals surface area contributed by atoms with E-state index in [0.717, 1.165) is 17.4 Å². The van der Waals surface area contributed by atoms with Crippen LogP contribution in [0, 0.1) is 10.1 Å². The van der Waals surface area contributed by atoms with Crippen LogP contribution in [0.4, 0.5) is 5.69 Å². The van der Waals surface area contributed by atoms with Gasteiger partial charge in [-0.05, 0) is 13.0 Å². The van der Waals surface area contributed by atoms with Crippen LogP contribution in [0.15, 0.2) is 24.4 Å². The number of hydrogen-bond acceptors (Lipinski definition) is 4. The molecule has 2 aromatic rings. The Morgan fingerprint density at radius 2 is 1.95 bits per heavy atom. The number of aryl methyl sites for hydroxylation is 1. The number of fused-ring (bicyclic) bond motifs is 1. The van der Waals surface area contributed by atoms with E-state index in [1.807, 2.05) is 20.8 Å². The van der Waals surface area contributed by atoms with Crippen molar-refractivity contribution in [2.75, 3.05) is 14.2 Å². The third-order valence-electron chi connectivity index (χ3n) is 2.14. The zero-order chi connectivity index (χ0) is 14.8. The first-order chi connectivity index (χ1) is 9.13. The van der Waals surface area contributed by atoms with Crippen LogP contribution in [0.5, 0.6) is 0 Å². The van der Waals surface area contributed by atoms with Crippen molar-refractivity contribution < 1.29 is 9.66 Å². The monoisotopic (exact) mass is 267 g/mol. The Kier molecular flexibility index (Phi) is 8.12. The largest absolute Gasteiger partial charge is 0.388 e. The maximum absolute atomic E-state index is 10.5. The number of non-ortho nitro benzene ring substituents is 1. The molecule has 0 bridgehead atoms. The number of rotatable bonds is 2. The second-order valence-electron chi connectivity index (χ2n) is 3.37. The van der Waals surface area contributed by atoms with E-state index in [2.05, 4.69) is 9.84 Å². The number of nitro benzene ring substituents is 1. The van der Waals surface area contributed by atoms with Crippen LogP contribution in [0.25, 0.3) is 10.9 Å². The molecule has 1 heterocycles. The minimum atomic E-state index is -0.400. The van der Waals surface area contributed by atoms with Gasteiger partial charge in [-0.15, -0.1) is 0 Å². The fraction of sp³-hybridized carbons (Fsp3) is 0.462. The molecular formula is C13H21N3O3. The summed E-state index contributed by atoms with van der Waals surface area (Å²) in [5.74, 6) is 0. The third kappa shape index (κ3) is 4.67. The van der Waals surface area contributed by atoms with Gasteiger partial charge in [0.2, 0.25) is 0 Å². The molecule has 0 saturated carbocycles. The molecule has 0 aliphatic heterocycles. The van der Waals surface area contributed by atoms with Crippen LogP contribution in [0.1, 0.15) is 20.8 Å². The van der Waals surface area contributed by atoms with Crippen molar-refractivity contribution in [3.63, 3.8) is 0 Å². The quantitative estimate of drug-likeness (QED) is 0.618. The number of ether oxygens (including phenoxy) is 1. The maximum Gasteiger partial charge on any atom is 0.270 e. The Balaban J connectivity index is 0.000000573. The van der Waals surface area contributed by atoms with E-state index in [-0.39, 0.29) is 5.69 Å². The molecule has 0 aliphatic carbocycles. The summed E-state index contributed by atoms with van der Waals surface area (Å²) in [4.78, 5) is 10.1. The van der Waals surface area contributed by atoms with Gasteiger partial charge >= 0.3 is 0 Å². The normalized spacial score (nSPS) is 9.11. The number of hydrogen-bond donors (Lipinski definition) is 0. The highest BCUT2D eigenvalue weighted by atomic mass is 16.6. The predicted molar refractivity (Wildman–Crippen MR) is 76.3 cm³/mol. The van der Waals surface area contributed by atoms with Crippen LogP contribution < -0.4 is 0 Å². The lowest BCUT2D eigenvalue weighted by Gasteiger charge is -1.97. The number of methoxy groups -OCH3 is 1. The van der Waals surface area contributed by atoms with Crippen LogP contribution in [-0.2, 0) is 11.3 Å². The SMILES string of the molecule is CC.CCn1ncc2cc([N+](=O)[O-])ccc21.COC. The second kappa shape index (κ2) is 9.04. The average molecular weight is 267 g/mol. The minimum absolute atomic E-state index is 0.105. The first-order valence-electron chi connectivity index (χ1n) is 6.14. The first kappa shape index (κ1) is 17.1. The van der Waals surface area contributed by atoms with Crippen molar-refractivity contribution in [1.29, 1.82) is 0 Å².